The maximum atomic E-state index is 4.08. The lowest BCUT2D eigenvalue weighted by Crippen LogP contribution is -1.97. The second kappa shape index (κ2) is 5.40. The lowest BCUT2D eigenvalue weighted by atomic mass is 9.94. The third-order valence-corrected chi connectivity index (χ3v) is 2.03. The Kier molecular flexibility index (Phi) is 5.27. The predicted octanol–water partition coefficient (Wildman–Crippen LogP) is 4.02. The van der Waals surface area contributed by atoms with Gasteiger partial charge in [-0.3, -0.25) is 0 Å². The van der Waals surface area contributed by atoms with E-state index < -0.39 is 0 Å². The molecule has 0 aromatic heterocycles. The Bertz CT molecular complexity index is 111. The Morgan fingerprint density at radius 3 is 2.09 bits per heavy atom. The Labute approximate surface area is 71.7 Å². The van der Waals surface area contributed by atoms with Crippen LogP contribution in [0.15, 0.2) is 12.2 Å². The van der Waals surface area contributed by atoms with Crippen LogP contribution >= 0.6 is 0 Å². The van der Waals surface area contributed by atoms with Gasteiger partial charge in [0.15, 0.2) is 0 Å². The molecule has 1 unspecified atom stereocenters. The number of hydrogen-bond donors (Lipinski definition) is 0. The molecule has 0 aliphatic heterocycles. The largest absolute Gasteiger partial charge is 0.0998 e. The highest BCUT2D eigenvalue weighted by Crippen LogP contribution is 2.18. The lowest BCUT2D eigenvalue weighted by Gasteiger charge is -2.12. The molecule has 0 aliphatic rings. The molecule has 0 rings (SSSR count). The first-order valence-electron chi connectivity index (χ1n) is 4.72. The minimum Gasteiger partial charge on any atom is -0.0998 e. The summed E-state index contributed by atoms with van der Waals surface area (Å²) in [6.07, 6.45) is 3.69. The third-order valence-electron chi connectivity index (χ3n) is 2.03. The molecule has 0 N–H and O–H groups in total. The molecule has 0 radical (unpaired) electrons. The van der Waals surface area contributed by atoms with Gasteiger partial charge in [0.2, 0.25) is 0 Å². The Balaban J connectivity index is 3.52. The van der Waals surface area contributed by atoms with Gasteiger partial charge in [-0.25, -0.2) is 0 Å². The third kappa shape index (κ3) is 6.15. The summed E-state index contributed by atoms with van der Waals surface area (Å²) in [5.41, 5.74) is 1.43. The Hall–Kier alpha value is -0.260. The lowest BCUT2D eigenvalue weighted by molar-refractivity contribution is 0.525. The zero-order valence-corrected chi connectivity index (χ0v) is 8.48. The molecular formula is C11H22. The predicted molar refractivity (Wildman–Crippen MR) is 52.7 cm³/mol. The topological polar surface area (TPSA) is 0 Å². The van der Waals surface area contributed by atoms with E-state index in [0.717, 1.165) is 11.8 Å². The van der Waals surface area contributed by atoms with Crippen LogP contribution in [0.4, 0.5) is 0 Å². The quantitative estimate of drug-likeness (QED) is 0.524. The van der Waals surface area contributed by atoms with Crippen molar-refractivity contribution in [3.63, 3.8) is 0 Å². The van der Waals surface area contributed by atoms with Gasteiger partial charge in [-0.2, -0.15) is 0 Å². The second-order valence-corrected chi connectivity index (χ2v) is 4.07. The summed E-state index contributed by atoms with van der Waals surface area (Å²) in [6.45, 7) is 13.1. The van der Waals surface area contributed by atoms with E-state index in [1.165, 1.54) is 24.8 Å². The van der Waals surface area contributed by atoms with Crippen LogP contribution in [0.3, 0.4) is 0 Å². The Morgan fingerprint density at radius 2 is 1.73 bits per heavy atom. The normalized spacial score (nSPS) is 13.5. The molecule has 0 aromatic carbocycles. The summed E-state index contributed by atoms with van der Waals surface area (Å²) in [5, 5.41) is 0. The van der Waals surface area contributed by atoms with Gasteiger partial charge in [0.25, 0.3) is 0 Å². The van der Waals surface area contributed by atoms with Crippen LogP contribution in [-0.2, 0) is 0 Å². The molecule has 0 saturated heterocycles. The highest BCUT2D eigenvalue weighted by Gasteiger charge is 2.03. The molecule has 0 saturated carbocycles. The van der Waals surface area contributed by atoms with E-state index in [-0.39, 0.29) is 0 Å². The average Bonchev–Trinajstić information content (AvgIpc) is 1.85. The molecule has 0 amide bonds. The SMILES string of the molecule is C=C(CC(C)C)CC(C)CC. The Morgan fingerprint density at radius 1 is 1.18 bits per heavy atom. The molecule has 0 fully saturated rings. The van der Waals surface area contributed by atoms with Crippen molar-refractivity contribution in [1.82, 2.24) is 0 Å². The van der Waals surface area contributed by atoms with Crippen molar-refractivity contribution >= 4 is 0 Å². The summed E-state index contributed by atoms with van der Waals surface area (Å²) in [6, 6.07) is 0. The number of allylic oxidation sites excluding steroid dienone is 1. The smallest absolute Gasteiger partial charge is 0.0297 e. The minimum absolute atomic E-state index is 0.770. The van der Waals surface area contributed by atoms with Gasteiger partial charge >= 0.3 is 0 Å². The van der Waals surface area contributed by atoms with Gasteiger partial charge in [-0.05, 0) is 24.7 Å². The molecule has 0 spiro atoms. The monoisotopic (exact) mass is 154 g/mol. The fourth-order valence-corrected chi connectivity index (χ4v) is 1.30. The summed E-state index contributed by atoms with van der Waals surface area (Å²) < 4.78 is 0. The van der Waals surface area contributed by atoms with Gasteiger partial charge in [-0.15, -0.1) is 0 Å². The van der Waals surface area contributed by atoms with Gasteiger partial charge in [0, 0.05) is 0 Å². The molecule has 0 aliphatic carbocycles. The standard InChI is InChI=1S/C11H22/c1-6-10(4)8-11(5)7-9(2)3/h9-10H,5-8H2,1-4H3. The summed E-state index contributed by atoms with van der Waals surface area (Å²) in [5.74, 6) is 1.59. The second-order valence-electron chi connectivity index (χ2n) is 4.07. The van der Waals surface area contributed by atoms with E-state index in [0.29, 0.717) is 0 Å². The van der Waals surface area contributed by atoms with Crippen LogP contribution in [0.25, 0.3) is 0 Å². The highest BCUT2D eigenvalue weighted by molar-refractivity contribution is 4.95. The van der Waals surface area contributed by atoms with Gasteiger partial charge in [-0.1, -0.05) is 46.3 Å². The van der Waals surface area contributed by atoms with Crippen LogP contribution in [0.1, 0.15) is 47.0 Å². The zero-order chi connectivity index (χ0) is 8.85. The van der Waals surface area contributed by atoms with Crippen LogP contribution in [0.5, 0.6) is 0 Å². The van der Waals surface area contributed by atoms with Crippen LogP contribution in [0, 0.1) is 11.8 Å². The van der Waals surface area contributed by atoms with E-state index in [1.807, 2.05) is 0 Å². The molecule has 1 atom stereocenters. The first-order chi connectivity index (χ1) is 5.06. The van der Waals surface area contributed by atoms with Crippen molar-refractivity contribution in [2.75, 3.05) is 0 Å². The molecule has 66 valence electrons. The molecule has 0 heteroatoms. The number of rotatable bonds is 5. The van der Waals surface area contributed by atoms with Crippen LogP contribution in [0.2, 0.25) is 0 Å². The molecule has 0 aromatic rings. The zero-order valence-electron chi connectivity index (χ0n) is 8.48. The molecule has 0 heterocycles. The average molecular weight is 154 g/mol. The van der Waals surface area contributed by atoms with Crippen molar-refractivity contribution in [2.24, 2.45) is 11.8 Å². The van der Waals surface area contributed by atoms with Crippen LogP contribution < -0.4 is 0 Å². The first kappa shape index (κ1) is 10.7. The molecule has 0 bridgehead atoms. The fraction of sp³-hybridized carbons (Fsp3) is 0.818. The molecule has 0 nitrogen and oxygen atoms in total. The van der Waals surface area contributed by atoms with Crippen molar-refractivity contribution in [3.8, 4) is 0 Å². The maximum absolute atomic E-state index is 4.08. The van der Waals surface area contributed by atoms with E-state index in [2.05, 4.69) is 34.3 Å². The molecule has 11 heavy (non-hydrogen) atoms. The van der Waals surface area contributed by atoms with Crippen LogP contribution in [-0.4, -0.2) is 0 Å². The summed E-state index contributed by atoms with van der Waals surface area (Å²) >= 11 is 0. The molecular weight excluding hydrogens is 132 g/mol. The van der Waals surface area contributed by atoms with E-state index in [1.54, 1.807) is 0 Å². The maximum Gasteiger partial charge on any atom is -0.0297 e. The van der Waals surface area contributed by atoms with Crippen molar-refractivity contribution in [2.45, 2.75) is 47.0 Å². The first-order valence-corrected chi connectivity index (χ1v) is 4.72. The van der Waals surface area contributed by atoms with Gasteiger partial charge in [0.05, 0.1) is 0 Å². The van der Waals surface area contributed by atoms with Gasteiger partial charge < -0.3 is 0 Å². The van der Waals surface area contributed by atoms with Crippen molar-refractivity contribution in [1.29, 1.82) is 0 Å². The van der Waals surface area contributed by atoms with Crippen molar-refractivity contribution in [3.05, 3.63) is 12.2 Å². The minimum atomic E-state index is 0.770. The van der Waals surface area contributed by atoms with E-state index in [4.69, 9.17) is 0 Å². The summed E-state index contributed by atoms with van der Waals surface area (Å²) in [7, 11) is 0. The summed E-state index contributed by atoms with van der Waals surface area (Å²) in [4.78, 5) is 0. The van der Waals surface area contributed by atoms with Gasteiger partial charge in [0.1, 0.15) is 0 Å². The fourth-order valence-electron chi connectivity index (χ4n) is 1.30. The van der Waals surface area contributed by atoms with E-state index >= 15 is 0 Å². The number of hydrogen-bond acceptors (Lipinski definition) is 0. The van der Waals surface area contributed by atoms with Crippen molar-refractivity contribution < 1.29 is 0 Å². The van der Waals surface area contributed by atoms with E-state index in [9.17, 15) is 0 Å². The highest BCUT2D eigenvalue weighted by atomic mass is 14.1.